The Balaban J connectivity index is 1.27. The summed E-state index contributed by atoms with van der Waals surface area (Å²) in [4.78, 5) is 16.8. The molecular weight excluding hydrogens is 410 g/mol. The van der Waals surface area contributed by atoms with Crippen LogP contribution in [0.3, 0.4) is 0 Å². The zero-order chi connectivity index (χ0) is 22.1. The third-order valence-electron chi connectivity index (χ3n) is 6.88. The summed E-state index contributed by atoms with van der Waals surface area (Å²) in [6.07, 6.45) is 5.18. The van der Waals surface area contributed by atoms with Gasteiger partial charge in [0, 0.05) is 32.2 Å². The molecule has 2 amide bonds. The van der Waals surface area contributed by atoms with Gasteiger partial charge in [-0.05, 0) is 54.1 Å². The molecule has 1 aromatic rings. The van der Waals surface area contributed by atoms with Gasteiger partial charge in [0.25, 0.3) is 0 Å². The smallest absolute Gasteiger partial charge is 0.321 e. The lowest BCUT2D eigenvalue weighted by Gasteiger charge is -2.39. The van der Waals surface area contributed by atoms with Gasteiger partial charge in [-0.2, -0.15) is 0 Å². The predicted octanol–water partition coefficient (Wildman–Crippen LogP) is 3.02. The topological polar surface area (TPSA) is 61.6 Å². The van der Waals surface area contributed by atoms with Gasteiger partial charge < -0.3 is 16.0 Å². The van der Waals surface area contributed by atoms with Gasteiger partial charge >= 0.3 is 6.03 Å². The lowest BCUT2D eigenvalue weighted by Crippen LogP contribution is -2.53. The van der Waals surface area contributed by atoms with Crippen LogP contribution in [0, 0.1) is 11.8 Å². The highest BCUT2D eigenvalue weighted by atomic mass is 31.0. The molecule has 2 aliphatic heterocycles. The third-order valence-corrected chi connectivity index (χ3v) is 7.27. The van der Waals surface area contributed by atoms with Crippen molar-refractivity contribution in [2.75, 3.05) is 26.2 Å². The van der Waals surface area contributed by atoms with Crippen LogP contribution in [-0.4, -0.2) is 54.2 Å². The van der Waals surface area contributed by atoms with Gasteiger partial charge in [-0.1, -0.05) is 36.9 Å². The largest absolute Gasteiger partial charge is 0.397 e. The maximum absolute atomic E-state index is 13.1. The minimum absolute atomic E-state index is 0.142. The molecule has 0 bridgehead atoms. The van der Waals surface area contributed by atoms with Crippen molar-refractivity contribution in [3.63, 3.8) is 0 Å². The summed E-state index contributed by atoms with van der Waals surface area (Å²) >= 11 is 0. The van der Waals surface area contributed by atoms with Crippen molar-refractivity contribution in [2.45, 2.75) is 32.0 Å². The second-order valence-electron chi connectivity index (χ2n) is 9.10. The van der Waals surface area contributed by atoms with Crippen molar-refractivity contribution in [2.24, 2.45) is 17.6 Å². The van der Waals surface area contributed by atoms with Crippen LogP contribution in [0.25, 0.3) is 5.57 Å². The molecule has 1 aliphatic carbocycles. The number of hydrogen-bond acceptors (Lipinski definition) is 3. The van der Waals surface area contributed by atoms with Crippen LogP contribution in [0.1, 0.15) is 25.3 Å². The summed E-state index contributed by atoms with van der Waals surface area (Å²) in [5, 5.41) is 3.99. The number of fused-ring (bicyclic) bond motifs is 1. The zero-order valence-electron chi connectivity index (χ0n) is 18.1. The van der Waals surface area contributed by atoms with Crippen molar-refractivity contribution in [1.82, 2.24) is 15.1 Å². The minimum Gasteiger partial charge on any atom is -0.397 e. The van der Waals surface area contributed by atoms with E-state index >= 15 is 0 Å². The Labute approximate surface area is 186 Å². The Kier molecular flexibility index (Phi) is 6.49. The quantitative estimate of drug-likeness (QED) is 0.544. The maximum Gasteiger partial charge on any atom is 0.321 e. The van der Waals surface area contributed by atoms with E-state index in [-0.39, 0.29) is 6.03 Å². The number of rotatable bonds is 5. The van der Waals surface area contributed by atoms with Gasteiger partial charge in [-0.3, -0.25) is 4.90 Å². The number of nitrogens with zero attached hydrogens (tertiary/aromatic N) is 2. The van der Waals surface area contributed by atoms with Gasteiger partial charge in [0.1, 0.15) is 6.17 Å². The number of amides is 2. The van der Waals surface area contributed by atoms with E-state index in [9.17, 15) is 9.18 Å². The molecular formula is C24H32FN4OP. The molecule has 0 spiro atoms. The maximum atomic E-state index is 13.1. The van der Waals surface area contributed by atoms with E-state index in [2.05, 4.69) is 38.2 Å². The number of urea groups is 1. The molecule has 1 saturated carbocycles. The first-order valence-electron chi connectivity index (χ1n) is 10.9. The number of likely N-dealkylation sites (tertiary alicyclic amines) is 2. The number of halogens is 1. The van der Waals surface area contributed by atoms with Crippen LogP contribution < -0.4 is 16.4 Å². The molecule has 3 aliphatic rings. The molecule has 4 rings (SSSR count). The van der Waals surface area contributed by atoms with Crippen molar-refractivity contribution in [1.29, 1.82) is 0 Å². The summed E-state index contributed by atoms with van der Waals surface area (Å²) in [7, 11) is 2.67. The molecule has 5 nitrogen and oxygen atoms in total. The molecule has 1 aromatic carbocycles. The monoisotopic (exact) mass is 442 g/mol. The van der Waals surface area contributed by atoms with E-state index in [1.807, 2.05) is 30.0 Å². The average Bonchev–Trinajstić information content (AvgIpc) is 3.29. The van der Waals surface area contributed by atoms with E-state index < -0.39 is 6.17 Å². The fraction of sp³-hybridized carbons (Fsp3) is 0.458. The van der Waals surface area contributed by atoms with E-state index in [1.165, 1.54) is 0 Å². The van der Waals surface area contributed by atoms with Crippen molar-refractivity contribution in [3.8, 4) is 0 Å². The SMILES string of the molecule is C=C(NC(=O)N1CC2CC(N3CC(F)C3)CC2C1)/C(N)=C\C=C(/C)c1ccc(P)cc1. The minimum atomic E-state index is -0.651. The Hall–Kier alpha value is -2.17. The molecule has 2 heterocycles. The Morgan fingerprint density at radius 2 is 1.77 bits per heavy atom. The van der Waals surface area contributed by atoms with Crippen LogP contribution in [-0.2, 0) is 0 Å². The first-order chi connectivity index (χ1) is 14.8. The molecule has 3 atom stereocenters. The highest BCUT2D eigenvalue weighted by Gasteiger charge is 2.46. The number of alkyl halides is 1. The summed E-state index contributed by atoms with van der Waals surface area (Å²) in [5.41, 5.74) is 9.19. The van der Waals surface area contributed by atoms with Gasteiger partial charge in [0.05, 0.1) is 11.4 Å². The predicted molar refractivity (Wildman–Crippen MR) is 127 cm³/mol. The number of carbonyl (C=O) groups excluding carboxylic acids is 1. The number of carbonyl (C=O) groups is 1. The fourth-order valence-corrected chi connectivity index (χ4v) is 5.12. The molecule has 3 fully saturated rings. The Morgan fingerprint density at radius 3 is 2.35 bits per heavy atom. The molecule has 2 saturated heterocycles. The molecule has 31 heavy (non-hydrogen) atoms. The van der Waals surface area contributed by atoms with Gasteiger partial charge in [-0.25, -0.2) is 9.18 Å². The van der Waals surface area contributed by atoms with Crippen LogP contribution in [0.5, 0.6) is 0 Å². The number of allylic oxidation sites excluding steroid dienone is 3. The van der Waals surface area contributed by atoms with Crippen LogP contribution >= 0.6 is 9.24 Å². The van der Waals surface area contributed by atoms with Gasteiger partial charge in [0.15, 0.2) is 0 Å². The number of nitrogens with two attached hydrogens (primary N) is 1. The molecule has 3 N–H and O–H groups in total. The van der Waals surface area contributed by atoms with Gasteiger partial charge in [0.2, 0.25) is 0 Å². The number of hydrogen-bond donors (Lipinski definition) is 2. The summed E-state index contributed by atoms with van der Waals surface area (Å²) in [6.45, 7) is 8.62. The Morgan fingerprint density at radius 1 is 1.16 bits per heavy atom. The van der Waals surface area contributed by atoms with Crippen molar-refractivity contribution >= 4 is 26.1 Å². The van der Waals surface area contributed by atoms with E-state index in [0.717, 1.165) is 42.4 Å². The second-order valence-corrected chi connectivity index (χ2v) is 9.77. The van der Waals surface area contributed by atoms with Crippen LogP contribution in [0.15, 0.2) is 54.4 Å². The molecule has 0 radical (unpaired) electrons. The summed E-state index contributed by atoms with van der Waals surface area (Å²) in [6, 6.07) is 8.54. The number of benzene rings is 1. The number of nitrogens with one attached hydrogen (secondary N) is 1. The molecule has 7 heteroatoms. The zero-order valence-corrected chi connectivity index (χ0v) is 19.2. The van der Waals surface area contributed by atoms with E-state index in [0.29, 0.717) is 42.4 Å². The first kappa shape index (κ1) is 22.0. The standard InChI is InChI=1S/C24H32FN4OP/c1-15(17-4-6-22(31)7-5-17)3-8-23(26)16(2)27-24(30)29-11-18-9-21(10-19(18)12-29)28-13-20(25)14-28/h3-8,18-21H,2,9-14,26,31H2,1H3,(H,27,30)/b15-3+,23-8+. The molecule has 166 valence electrons. The van der Waals surface area contributed by atoms with E-state index in [4.69, 9.17) is 5.73 Å². The van der Waals surface area contributed by atoms with Crippen LogP contribution in [0.4, 0.5) is 9.18 Å². The lowest BCUT2D eigenvalue weighted by molar-refractivity contribution is 0.0260. The third kappa shape index (κ3) is 5.02. The van der Waals surface area contributed by atoms with Crippen molar-refractivity contribution in [3.05, 3.63) is 60.0 Å². The lowest BCUT2D eigenvalue weighted by atomic mass is 10.0. The fourth-order valence-electron chi connectivity index (χ4n) is 4.92. The Bertz CT molecular complexity index is 893. The first-order valence-corrected chi connectivity index (χ1v) is 11.5. The summed E-state index contributed by atoms with van der Waals surface area (Å²) < 4.78 is 13.1. The normalized spacial score (nSPS) is 27.2. The highest BCUT2D eigenvalue weighted by Crippen LogP contribution is 2.41. The van der Waals surface area contributed by atoms with Crippen LogP contribution in [0.2, 0.25) is 0 Å². The highest BCUT2D eigenvalue weighted by molar-refractivity contribution is 7.27. The summed E-state index contributed by atoms with van der Waals surface area (Å²) in [5.74, 6) is 1.02. The van der Waals surface area contributed by atoms with Gasteiger partial charge in [-0.15, -0.1) is 9.24 Å². The van der Waals surface area contributed by atoms with E-state index in [1.54, 1.807) is 6.08 Å². The molecule has 3 unspecified atom stereocenters. The second kappa shape index (κ2) is 9.13. The van der Waals surface area contributed by atoms with Crippen molar-refractivity contribution < 1.29 is 9.18 Å². The average molecular weight is 443 g/mol. The molecule has 0 aromatic heterocycles.